The summed E-state index contributed by atoms with van der Waals surface area (Å²) in [6, 6.07) is 10.6. The van der Waals surface area contributed by atoms with Crippen molar-refractivity contribution in [1.82, 2.24) is 20.2 Å². The molecule has 0 radical (unpaired) electrons. The van der Waals surface area contributed by atoms with Gasteiger partial charge < -0.3 is 9.26 Å². The van der Waals surface area contributed by atoms with Crippen molar-refractivity contribution in [3.63, 3.8) is 0 Å². The fraction of sp³-hybridized carbons (Fsp3) is 0.364. The molecule has 0 saturated carbocycles. The van der Waals surface area contributed by atoms with E-state index in [1.165, 1.54) is 6.07 Å². The van der Waals surface area contributed by atoms with Gasteiger partial charge in [-0.15, -0.1) is 5.10 Å². The van der Waals surface area contributed by atoms with Crippen molar-refractivity contribution in [1.29, 1.82) is 5.26 Å². The summed E-state index contributed by atoms with van der Waals surface area (Å²) in [6.07, 6.45) is -2.41. The van der Waals surface area contributed by atoms with Gasteiger partial charge in [-0.2, -0.15) is 18.4 Å². The van der Waals surface area contributed by atoms with Crippen LogP contribution in [-0.2, 0) is 25.6 Å². The summed E-state index contributed by atoms with van der Waals surface area (Å²) >= 11 is 0. The summed E-state index contributed by atoms with van der Waals surface area (Å²) in [7, 11) is 0. The minimum atomic E-state index is -4.58. The lowest BCUT2D eigenvalue weighted by Gasteiger charge is -2.12. The first-order valence-electron chi connectivity index (χ1n) is 10.2. The SMILES string of the molecule is CCCc1c(OCCCn2nnc3cc(CC#N)ccc32)ccc2c(C(F)(F)F)noc12. The Bertz CT molecular complexity index is 1290. The zero-order chi connectivity index (χ0) is 22.7. The van der Waals surface area contributed by atoms with Crippen molar-refractivity contribution >= 4 is 22.0 Å². The van der Waals surface area contributed by atoms with E-state index in [1.807, 2.05) is 25.1 Å². The molecule has 2 aromatic heterocycles. The van der Waals surface area contributed by atoms with Crippen LogP contribution >= 0.6 is 0 Å². The normalized spacial score (nSPS) is 11.8. The van der Waals surface area contributed by atoms with E-state index in [4.69, 9.17) is 14.5 Å². The van der Waals surface area contributed by atoms with Gasteiger partial charge in [-0.05, 0) is 36.2 Å². The number of aromatic nitrogens is 4. The largest absolute Gasteiger partial charge is 0.493 e. The van der Waals surface area contributed by atoms with E-state index in [0.717, 1.165) is 23.0 Å². The molecule has 0 bridgehead atoms. The maximum atomic E-state index is 13.1. The van der Waals surface area contributed by atoms with Crippen LogP contribution < -0.4 is 4.74 Å². The van der Waals surface area contributed by atoms with Crippen LogP contribution in [0.1, 0.15) is 36.6 Å². The molecule has 7 nitrogen and oxygen atoms in total. The molecule has 0 atom stereocenters. The number of nitrogens with zero attached hydrogens (tertiary/aromatic N) is 5. The Labute approximate surface area is 181 Å². The van der Waals surface area contributed by atoms with E-state index in [2.05, 4.69) is 21.5 Å². The number of ether oxygens (including phenoxy) is 1. The quantitative estimate of drug-likeness (QED) is 0.353. The molecule has 2 heterocycles. The summed E-state index contributed by atoms with van der Waals surface area (Å²) < 4.78 is 52.1. The molecular formula is C22H20F3N5O2. The third kappa shape index (κ3) is 4.23. The molecule has 0 aliphatic heterocycles. The van der Waals surface area contributed by atoms with Gasteiger partial charge >= 0.3 is 6.18 Å². The number of hydrogen-bond donors (Lipinski definition) is 0. The topological polar surface area (TPSA) is 89.8 Å². The fourth-order valence-corrected chi connectivity index (χ4v) is 3.65. The highest BCUT2D eigenvalue weighted by Crippen LogP contribution is 2.38. The van der Waals surface area contributed by atoms with Crippen molar-refractivity contribution in [2.75, 3.05) is 6.61 Å². The number of halogens is 3. The molecule has 4 aromatic rings. The molecule has 0 amide bonds. The molecule has 0 aliphatic carbocycles. The maximum absolute atomic E-state index is 13.1. The van der Waals surface area contributed by atoms with Crippen LogP contribution in [0.3, 0.4) is 0 Å². The summed E-state index contributed by atoms with van der Waals surface area (Å²) in [4.78, 5) is 0. The second kappa shape index (κ2) is 8.86. The molecule has 10 heteroatoms. The molecule has 0 fully saturated rings. The lowest BCUT2D eigenvalue weighted by molar-refractivity contribution is -0.141. The van der Waals surface area contributed by atoms with Crippen LogP contribution in [-0.4, -0.2) is 26.8 Å². The molecule has 0 aliphatic rings. The Balaban J connectivity index is 1.46. The summed E-state index contributed by atoms with van der Waals surface area (Å²) in [5.74, 6) is 0.494. The minimum absolute atomic E-state index is 0.0573. The van der Waals surface area contributed by atoms with E-state index in [9.17, 15) is 13.2 Å². The lowest BCUT2D eigenvalue weighted by Crippen LogP contribution is -2.07. The lowest BCUT2D eigenvalue weighted by atomic mass is 10.0. The monoisotopic (exact) mass is 443 g/mol. The van der Waals surface area contributed by atoms with Crippen molar-refractivity contribution in [2.24, 2.45) is 0 Å². The Morgan fingerprint density at radius 1 is 1.22 bits per heavy atom. The van der Waals surface area contributed by atoms with Crippen molar-refractivity contribution in [3.05, 3.63) is 47.2 Å². The van der Waals surface area contributed by atoms with Crippen LogP contribution in [0.15, 0.2) is 34.9 Å². The average molecular weight is 443 g/mol. The minimum Gasteiger partial charge on any atom is -0.493 e. The Hall–Kier alpha value is -3.61. The maximum Gasteiger partial charge on any atom is 0.437 e. The van der Waals surface area contributed by atoms with E-state index < -0.39 is 11.9 Å². The van der Waals surface area contributed by atoms with Crippen LogP contribution in [0, 0.1) is 11.3 Å². The van der Waals surface area contributed by atoms with Crippen LogP contribution in [0.5, 0.6) is 5.75 Å². The second-order valence-electron chi connectivity index (χ2n) is 7.37. The number of alkyl halides is 3. The van der Waals surface area contributed by atoms with Crippen LogP contribution in [0.2, 0.25) is 0 Å². The highest BCUT2D eigenvalue weighted by Gasteiger charge is 2.37. The summed E-state index contributed by atoms with van der Waals surface area (Å²) in [5, 5.41) is 20.3. The number of hydrogen-bond acceptors (Lipinski definition) is 6. The fourth-order valence-electron chi connectivity index (χ4n) is 3.65. The molecule has 0 spiro atoms. The first-order chi connectivity index (χ1) is 15.4. The van der Waals surface area contributed by atoms with Crippen LogP contribution in [0.25, 0.3) is 22.0 Å². The van der Waals surface area contributed by atoms with Gasteiger partial charge in [0.1, 0.15) is 11.3 Å². The van der Waals surface area contributed by atoms with Crippen molar-refractivity contribution in [2.45, 2.75) is 45.3 Å². The Morgan fingerprint density at radius 3 is 2.81 bits per heavy atom. The van der Waals surface area contributed by atoms with Gasteiger partial charge in [0, 0.05) is 18.5 Å². The molecule has 32 heavy (non-hydrogen) atoms. The average Bonchev–Trinajstić information content (AvgIpc) is 3.37. The summed E-state index contributed by atoms with van der Waals surface area (Å²) in [6.45, 7) is 2.83. The summed E-state index contributed by atoms with van der Waals surface area (Å²) in [5.41, 5.74) is 2.15. The van der Waals surface area contributed by atoms with Gasteiger partial charge in [-0.3, -0.25) is 0 Å². The predicted octanol–water partition coefficient (Wildman–Crippen LogP) is 5.08. The number of nitriles is 1. The molecule has 166 valence electrons. The van der Waals surface area contributed by atoms with Gasteiger partial charge in [-0.1, -0.05) is 29.8 Å². The first kappa shape index (κ1) is 21.6. The second-order valence-corrected chi connectivity index (χ2v) is 7.37. The number of fused-ring (bicyclic) bond motifs is 2. The van der Waals surface area contributed by atoms with E-state index >= 15 is 0 Å². The molecule has 0 saturated heterocycles. The zero-order valence-electron chi connectivity index (χ0n) is 17.3. The van der Waals surface area contributed by atoms with Crippen molar-refractivity contribution < 1.29 is 22.4 Å². The van der Waals surface area contributed by atoms with Gasteiger partial charge in [0.2, 0.25) is 0 Å². The molecule has 0 unspecified atom stereocenters. The third-order valence-corrected chi connectivity index (χ3v) is 5.10. The highest BCUT2D eigenvalue weighted by atomic mass is 19.4. The predicted molar refractivity (Wildman–Crippen MR) is 110 cm³/mol. The van der Waals surface area contributed by atoms with Gasteiger partial charge in [0.05, 0.1) is 30.0 Å². The Morgan fingerprint density at radius 2 is 2.06 bits per heavy atom. The first-order valence-corrected chi connectivity index (χ1v) is 10.2. The van der Waals surface area contributed by atoms with Crippen LogP contribution in [0.4, 0.5) is 13.2 Å². The molecular weight excluding hydrogens is 423 g/mol. The van der Waals surface area contributed by atoms with Crippen molar-refractivity contribution in [3.8, 4) is 11.8 Å². The van der Waals surface area contributed by atoms with Gasteiger partial charge in [0.15, 0.2) is 11.3 Å². The molecule has 0 N–H and O–H groups in total. The van der Waals surface area contributed by atoms with E-state index in [0.29, 0.717) is 43.7 Å². The third-order valence-electron chi connectivity index (χ3n) is 5.10. The number of rotatable bonds is 8. The number of benzene rings is 2. The van der Waals surface area contributed by atoms with Gasteiger partial charge in [0.25, 0.3) is 0 Å². The zero-order valence-corrected chi connectivity index (χ0v) is 17.3. The molecule has 4 rings (SSSR count). The smallest absolute Gasteiger partial charge is 0.437 e. The standard InChI is InChI=1S/C22H20F3N5O2/c1-2-4-15-19(8-6-16-20(15)32-28-21(16)22(23,24)25)31-12-3-11-30-18-7-5-14(9-10-26)13-17(18)27-29-30/h5-8,13H,2-4,9,11-12H2,1H3. The van der Waals surface area contributed by atoms with Gasteiger partial charge in [-0.25, -0.2) is 4.68 Å². The van der Waals surface area contributed by atoms with E-state index in [1.54, 1.807) is 10.7 Å². The Kier molecular flexibility index (Phi) is 5.99. The molecule has 2 aromatic carbocycles. The number of aryl methyl sites for hydroxylation is 2. The highest BCUT2D eigenvalue weighted by molar-refractivity contribution is 5.85. The van der Waals surface area contributed by atoms with E-state index in [-0.39, 0.29) is 11.0 Å².